The molecule has 0 radical (unpaired) electrons. The Labute approximate surface area is 126 Å². The van der Waals surface area contributed by atoms with Crippen molar-refractivity contribution in [3.63, 3.8) is 0 Å². The molecule has 4 N–H and O–H groups in total. The molecule has 4 heteroatoms. The van der Waals surface area contributed by atoms with Gasteiger partial charge in [0, 0.05) is 6.54 Å². The zero-order valence-corrected chi connectivity index (χ0v) is 12.7. The van der Waals surface area contributed by atoms with Gasteiger partial charge >= 0.3 is 0 Å². The molecule has 1 aromatic rings. The summed E-state index contributed by atoms with van der Waals surface area (Å²) in [5, 5.41) is 12.9. The molecule has 116 valence electrons. The third-order valence-electron chi connectivity index (χ3n) is 4.54. The van der Waals surface area contributed by atoms with Crippen molar-refractivity contribution in [3.8, 4) is 0 Å². The first-order chi connectivity index (χ1) is 10.1. The van der Waals surface area contributed by atoms with Crippen molar-refractivity contribution in [2.24, 2.45) is 11.7 Å². The van der Waals surface area contributed by atoms with E-state index in [0.29, 0.717) is 5.92 Å². The number of hydrogen-bond acceptors (Lipinski definition) is 3. The average molecular weight is 290 g/mol. The Morgan fingerprint density at radius 2 is 2.19 bits per heavy atom. The minimum atomic E-state index is -0.475. The molecular weight excluding hydrogens is 264 g/mol. The van der Waals surface area contributed by atoms with E-state index in [9.17, 15) is 9.90 Å². The summed E-state index contributed by atoms with van der Waals surface area (Å²) < 4.78 is 0. The largest absolute Gasteiger partial charge is 0.394 e. The first kappa shape index (κ1) is 16.0. The molecule has 1 amide bonds. The van der Waals surface area contributed by atoms with Crippen LogP contribution in [0.4, 0.5) is 0 Å². The molecule has 1 saturated carbocycles. The Bertz CT molecular complexity index is 463. The molecule has 0 saturated heterocycles. The molecule has 0 aliphatic heterocycles. The Morgan fingerprint density at radius 1 is 1.48 bits per heavy atom. The summed E-state index contributed by atoms with van der Waals surface area (Å²) >= 11 is 0. The smallest absolute Gasteiger partial charge is 0.229 e. The average Bonchev–Trinajstić information content (AvgIpc) is 2.49. The fraction of sp³-hybridized carbons (Fsp3) is 0.588. The number of nitrogens with two attached hydrogens (primary N) is 1. The first-order valence-corrected chi connectivity index (χ1v) is 7.78. The van der Waals surface area contributed by atoms with E-state index in [1.54, 1.807) is 0 Å². The summed E-state index contributed by atoms with van der Waals surface area (Å²) in [4.78, 5) is 12.6. The second-order valence-electron chi connectivity index (χ2n) is 6.33. The SMILES string of the molecule is CC1CCCC(CO)(NC(=O)C(CN)c2ccccc2)C1. The third-order valence-corrected chi connectivity index (χ3v) is 4.54. The van der Waals surface area contributed by atoms with Crippen LogP contribution in [0.25, 0.3) is 0 Å². The van der Waals surface area contributed by atoms with E-state index in [1.807, 2.05) is 30.3 Å². The lowest BCUT2D eigenvalue weighted by atomic mass is 9.76. The maximum atomic E-state index is 12.6. The van der Waals surface area contributed by atoms with Gasteiger partial charge in [0.15, 0.2) is 0 Å². The molecule has 3 unspecified atom stereocenters. The van der Waals surface area contributed by atoms with Gasteiger partial charge < -0.3 is 16.2 Å². The van der Waals surface area contributed by atoms with Gasteiger partial charge in [-0.2, -0.15) is 0 Å². The Hall–Kier alpha value is -1.39. The highest BCUT2D eigenvalue weighted by molar-refractivity contribution is 5.84. The van der Waals surface area contributed by atoms with E-state index in [1.165, 1.54) is 0 Å². The van der Waals surface area contributed by atoms with Gasteiger partial charge in [0.2, 0.25) is 5.91 Å². The van der Waals surface area contributed by atoms with Crippen LogP contribution in [-0.4, -0.2) is 29.7 Å². The van der Waals surface area contributed by atoms with Crippen molar-refractivity contribution >= 4 is 5.91 Å². The van der Waals surface area contributed by atoms with Crippen LogP contribution in [0.5, 0.6) is 0 Å². The quantitative estimate of drug-likeness (QED) is 0.774. The van der Waals surface area contributed by atoms with E-state index in [2.05, 4.69) is 12.2 Å². The van der Waals surface area contributed by atoms with Crippen molar-refractivity contribution in [1.29, 1.82) is 0 Å². The summed E-state index contributed by atoms with van der Waals surface area (Å²) in [6.45, 7) is 2.44. The van der Waals surface area contributed by atoms with Gasteiger partial charge in [-0.25, -0.2) is 0 Å². The van der Waals surface area contributed by atoms with Crippen LogP contribution < -0.4 is 11.1 Å². The topological polar surface area (TPSA) is 75.3 Å². The maximum absolute atomic E-state index is 12.6. The predicted octanol–water partition coefficient (Wildman–Crippen LogP) is 1.79. The molecule has 1 aliphatic rings. The first-order valence-electron chi connectivity index (χ1n) is 7.78. The molecule has 2 rings (SSSR count). The van der Waals surface area contributed by atoms with Gasteiger partial charge in [-0.05, 0) is 24.3 Å². The lowest BCUT2D eigenvalue weighted by Gasteiger charge is -2.40. The summed E-state index contributed by atoms with van der Waals surface area (Å²) in [6.07, 6.45) is 3.88. The van der Waals surface area contributed by atoms with Crippen LogP contribution >= 0.6 is 0 Å². The second-order valence-corrected chi connectivity index (χ2v) is 6.33. The highest BCUT2D eigenvalue weighted by atomic mass is 16.3. The minimum Gasteiger partial charge on any atom is -0.394 e. The van der Waals surface area contributed by atoms with Crippen LogP contribution in [0, 0.1) is 5.92 Å². The predicted molar refractivity (Wildman–Crippen MR) is 83.8 cm³/mol. The van der Waals surface area contributed by atoms with Gasteiger partial charge in [-0.3, -0.25) is 4.79 Å². The van der Waals surface area contributed by atoms with Gasteiger partial charge in [-0.15, -0.1) is 0 Å². The Kier molecular flexibility index (Phi) is 5.37. The Morgan fingerprint density at radius 3 is 2.76 bits per heavy atom. The number of benzene rings is 1. The molecule has 3 atom stereocenters. The lowest BCUT2D eigenvalue weighted by Crippen LogP contribution is -2.55. The van der Waals surface area contributed by atoms with Crippen LogP contribution in [0.2, 0.25) is 0 Å². The molecule has 1 fully saturated rings. The van der Waals surface area contributed by atoms with Crippen LogP contribution in [0.15, 0.2) is 30.3 Å². The van der Waals surface area contributed by atoms with Gasteiger partial charge in [0.05, 0.1) is 18.1 Å². The fourth-order valence-electron chi connectivity index (χ4n) is 3.39. The summed E-state index contributed by atoms with van der Waals surface area (Å²) in [5.41, 5.74) is 6.25. The summed E-state index contributed by atoms with van der Waals surface area (Å²) in [7, 11) is 0. The minimum absolute atomic E-state index is 0.00480. The highest BCUT2D eigenvalue weighted by Crippen LogP contribution is 2.32. The van der Waals surface area contributed by atoms with Crippen molar-refractivity contribution < 1.29 is 9.90 Å². The standard InChI is InChI=1S/C17H26N2O2/c1-13-6-5-9-17(10-13,12-20)19-16(21)15(11-18)14-7-3-2-4-8-14/h2-4,7-8,13,15,20H,5-6,9-12,18H2,1H3,(H,19,21). The zero-order chi connectivity index (χ0) is 15.3. The number of amides is 1. The molecule has 1 aromatic carbocycles. The normalized spacial score (nSPS) is 27.1. The Balaban J connectivity index is 2.11. The van der Waals surface area contributed by atoms with E-state index in [0.717, 1.165) is 31.2 Å². The number of aliphatic hydroxyl groups is 1. The second kappa shape index (κ2) is 7.05. The molecule has 0 heterocycles. The summed E-state index contributed by atoms with van der Waals surface area (Å²) in [5.74, 6) is 0.0953. The molecular formula is C17H26N2O2. The van der Waals surface area contributed by atoms with Crippen molar-refractivity contribution in [2.45, 2.75) is 44.1 Å². The zero-order valence-electron chi connectivity index (χ0n) is 12.7. The molecule has 4 nitrogen and oxygen atoms in total. The third kappa shape index (κ3) is 3.83. The molecule has 0 bridgehead atoms. The van der Waals surface area contributed by atoms with E-state index in [-0.39, 0.29) is 25.0 Å². The monoisotopic (exact) mass is 290 g/mol. The fourth-order valence-corrected chi connectivity index (χ4v) is 3.39. The van der Waals surface area contributed by atoms with Gasteiger partial charge in [0.1, 0.15) is 0 Å². The van der Waals surface area contributed by atoms with E-state index >= 15 is 0 Å². The van der Waals surface area contributed by atoms with Crippen LogP contribution in [0.1, 0.15) is 44.1 Å². The number of hydrogen-bond donors (Lipinski definition) is 3. The number of rotatable bonds is 5. The van der Waals surface area contributed by atoms with Crippen LogP contribution in [-0.2, 0) is 4.79 Å². The highest BCUT2D eigenvalue weighted by Gasteiger charge is 2.37. The lowest BCUT2D eigenvalue weighted by molar-refractivity contribution is -0.125. The van der Waals surface area contributed by atoms with E-state index in [4.69, 9.17) is 5.73 Å². The van der Waals surface area contributed by atoms with E-state index < -0.39 is 5.54 Å². The summed E-state index contributed by atoms with van der Waals surface area (Å²) in [6, 6.07) is 9.59. The maximum Gasteiger partial charge on any atom is 0.229 e. The van der Waals surface area contributed by atoms with Crippen molar-refractivity contribution in [3.05, 3.63) is 35.9 Å². The van der Waals surface area contributed by atoms with Crippen LogP contribution in [0.3, 0.4) is 0 Å². The van der Waals surface area contributed by atoms with Gasteiger partial charge in [0.25, 0.3) is 0 Å². The van der Waals surface area contributed by atoms with Crippen molar-refractivity contribution in [1.82, 2.24) is 5.32 Å². The number of carbonyl (C=O) groups excluding carboxylic acids is 1. The molecule has 21 heavy (non-hydrogen) atoms. The number of carbonyl (C=O) groups is 1. The molecule has 0 spiro atoms. The van der Waals surface area contributed by atoms with Gasteiger partial charge in [-0.1, -0.05) is 50.1 Å². The van der Waals surface area contributed by atoms with Crippen molar-refractivity contribution in [2.75, 3.05) is 13.2 Å². The number of aliphatic hydroxyl groups excluding tert-OH is 1. The molecule has 0 aromatic heterocycles. The number of nitrogens with one attached hydrogen (secondary N) is 1. The molecule has 1 aliphatic carbocycles.